The zero-order chi connectivity index (χ0) is 14.9. The van der Waals surface area contributed by atoms with E-state index in [2.05, 4.69) is 19.9 Å². The van der Waals surface area contributed by atoms with Gasteiger partial charge in [0.05, 0.1) is 0 Å². The van der Waals surface area contributed by atoms with E-state index in [1.807, 2.05) is 0 Å². The summed E-state index contributed by atoms with van der Waals surface area (Å²) in [5.41, 5.74) is 1.49. The van der Waals surface area contributed by atoms with Crippen LogP contribution in [0.15, 0.2) is 11.6 Å². The quantitative estimate of drug-likeness (QED) is 0.272. The van der Waals surface area contributed by atoms with Gasteiger partial charge in [-0.2, -0.15) is 0 Å². The van der Waals surface area contributed by atoms with E-state index in [0.717, 1.165) is 6.42 Å². The van der Waals surface area contributed by atoms with Crippen molar-refractivity contribution in [1.82, 2.24) is 0 Å². The Morgan fingerprint density at radius 1 is 0.700 bits per heavy atom. The van der Waals surface area contributed by atoms with E-state index in [0.29, 0.717) is 6.61 Å². The lowest BCUT2D eigenvalue weighted by molar-refractivity contribution is 0.297. The van der Waals surface area contributed by atoms with Crippen molar-refractivity contribution >= 4 is 0 Å². The van der Waals surface area contributed by atoms with E-state index in [-0.39, 0.29) is 0 Å². The molecule has 0 unspecified atom stereocenters. The van der Waals surface area contributed by atoms with Crippen LogP contribution in [0.2, 0.25) is 0 Å². The lowest BCUT2D eigenvalue weighted by atomic mass is 10.0. The van der Waals surface area contributed by atoms with E-state index in [1.165, 1.54) is 89.0 Å². The van der Waals surface area contributed by atoms with Crippen LogP contribution in [0.25, 0.3) is 0 Å². The van der Waals surface area contributed by atoms with Crippen molar-refractivity contribution < 1.29 is 5.11 Å². The Bertz CT molecular complexity index is 208. The highest BCUT2D eigenvalue weighted by Crippen LogP contribution is 2.16. The number of rotatable bonds is 15. The Labute approximate surface area is 127 Å². The minimum Gasteiger partial charge on any atom is -0.396 e. The zero-order valence-electron chi connectivity index (χ0n) is 14.1. The topological polar surface area (TPSA) is 20.2 Å². The zero-order valence-corrected chi connectivity index (χ0v) is 14.1. The Hall–Kier alpha value is -0.300. The summed E-state index contributed by atoms with van der Waals surface area (Å²) in [6.45, 7) is 4.84. The molecule has 0 saturated carbocycles. The first kappa shape index (κ1) is 19.7. The molecule has 0 spiro atoms. The largest absolute Gasteiger partial charge is 0.396 e. The molecule has 0 radical (unpaired) electrons. The van der Waals surface area contributed by atoms with E-state index >= 15 is 0 Å². The Balaban J connectivity index is 3.58. The summed E-state index contributed by atoms with van der Waals surface area (Å²) in [5.74, 6) is 0. The highest BCUT2D eigenvalue weighted by atomic mass is 16.2. The molecular formula is C19H38O. The summed E-state index contributed by atoms with van der Waals surface area (Å²) >= 11 is 0. The van der Waals surface area contributed by atoms with E-state index in [9.17, 15) is 0 Å². The van der Waals surface area contributed by atoms with Gasteiger partial charge in [0.25, 0.3) is 0 Å². The van der Waals surface area contributed by atoms with Crippen LogP contribution in [0.3, 0.4) is 0 Å². The van der Waals surface area contributed by atoms with Crippen LogP contribution < -0.4 is 0 Å². The number of unbranched alkanes of at least 4 members (excludes halogenated alkanes) is 10. The van der Waals surface area contributed by atoms with Gasteiger partial charge < -0.3 is 5.11 Å². The number of allylic oxidation sites excluding steroid dienone is 1. The Morgan fingerprint density at radius 3 is 1.85 bits per heavy atom. The monoisotopic (exact) mass is 282 g/mol. The minimum atomic E-state index is 0.316. The van der Waals surface area contributed by atoms with E-state index < -0.39 is 0 Å². The van der Waals surface area contributed by atoms with Gasteiger partial charge in [-0.3, -0.25) is 0 Å². The summed E-state index contributed by atoms with van der Waals surface area (Å²) in [4.78, 5) is 0. The van der Waals surface area contributed by atoms with Crippen LogP contribution in [-0.2, 0) is 0 Å². The normalized spacial score (nSPS) is 12.1. The van der Waals surface area contributed by atoms with Gasteiger partial charge in [-0.15, -0.1) is 0 Å². The van der Waals surface area contributed by atoms with Crippen LogP contribution in [-0.4, -0.2) is 11.7 Å². The van der Waals surface area contributed by atoms with Crippen molar-refractivity contribution in [3.8, 4) is 0 Å². The Morgan fingerprint density at radius 2 is 1.25 bits per heavy atom. The average molecular weight is 283 g/mol. The van der Waals surface area contributed by atoms with E-state index in [1.54, 1.807) is 0 Å². The first-order chi connectivity index (χ1) is 9.85. The van der Waals surface area contributed by atoms with Crippen molar-refractivity contribution in [2.45, 2.75) is 104 Å². The van der Waals surface area contributed by atoms with Gasteiger partial charge in [-0.05, 0) is 32.1 Å². The number of aliphatic hydroxyl groups is 1. The third-order valence-corrected chi connectivity index (χ3v) is 4.03. The van der Waals surface area contributed by atoms with Gasteiger partial charge >= 0.3 is 0 Å². The van der Waals surface area contributed by atoms with E-state index in [4.69, 9.17) is 5.11 Å². The van der Waals surface area contributed by atoms with Crippen LogP contribution in [0.1, 0.15) is 104 Å². The molecule has 1 N–H and O–H groups in total. The average Bonchev–Trinajstić information content (AvgIpc) is 2.46. The fraction of sp³-hybridized carbons (Fsp3) is 0.895. The first-order valence-electron chi connectivity index (χ1n) is 9.13. The second-order valence-corrected chi connectivity index (χ2v) is 6.06. The van der Waals surface area contributed by atoms with Crippen LogP contribution in [0.4, 0.5) is 0 Å². The molecule has 120 valence electrons. The summed E-state index contributed by atoms with van der Waals surface area (Å²) < 4.78 is 0. The summed E-state index contributed by atoms with van der Waals surface area (Å²) in [6.07, 6.45) is 20.7. The molecule has 0 rings (SSSR count). The lowest BCUT2D eigenvalue weighted by Gasteiger charge is -2.06. The first-order valence-corrected chi connectivity index (χ1v) is 9.13. The van der Waals surface area contributed by atoms with Gasteiger partial charge in [0, 0.05) is 6.61 Å². The summed E-state index contributed by atoms with van der Waals surface area (Å²) in [6, 6.07) is 0. The molecule has 0 fully saturated rings. The molecule has 20 heavy (non-hydrogen) atoms. The highest BCUT2D eigenvalue weighted by Gasteiger charge is 1.98. The highest BCUT2D eigenvalue weighted by molar-refractivity contribution is 5.01. The molecule has 0 saturated heterocycles. The maximum absolute atomic E-state index is 9.12. The van der Waals surface area contributed by atoms with Crippen molar-refractivity contribution in [3.63, 3.8) is 0 Å². The second kappa shape index (κ2) is 16.8. The maximum Gasteiger partial charge on any atom is 0.0468 e. The molecule has 0 aromatic heterocycles. The maximum atomic E-state index is 9.12. The SMILES string of the molecule is CCCCCCCCC/C=C(/CCO)CCCCCC. The molecule has 0 aliphatic heterocycles. The molecule has 0 heterocycles. The third-order valence-electron chi connectivity index (χ3n) is 4.03. The fourth-order valence-corrected chi connectivity index (χ4v) is 2.66. The molecule has 0 aliphatic rings. The van der Waals surface area contributed by atoms with Crippen LogP contribution in [0.5, 0.6) is 0 Å². The summed E-state index contributed by atoms with van der Waals surface area (Å²) in [7, 11) is 0. The van der Waals surface area contributed by atoms with Crippen molar-refractivity contribution in [2.75, 3.05) is 6.61 Å². The van der Waals surface area contributed by atoms with Gasteiger partial charge in [0.1, 0.15) is 0 Å². The second-order valence-electron chi connectivity index (χ2n) is 6.06. The molecule has 1 heteroatoms. The minimum absolute atomic E-state index is 0.316. The third kappa shape index (κ3) is 14.1. The van der Waals surface area contributed by atoms with Crippen molar-refractivity contribution in [1.29, 1.82) is 0 Å². The number of hydrogen-bond acceptors (Lipinski definition) is 1. The number of aliphatic hydroxyl groups excluding tert-OH is 1. The molecule has 0 amide bonds. The van der Waals surface area contributed by atoms with Gasteiger partial charge in [-0.1, -0.05) is 83.3 Å². The van der Waals surface area contributed by atoms with Crippen LogP contribution >= 0.6 is 0 Å². The number of hydrogen-bond donors (Lipinski definition) is 1. The molecular weight excluding hydrogens is 244 g/mol. The molecule has 0 aromatic carbocycles. The molecule has 0 bridgehead atoms. The smallest absolute Gasteiger partial charge is 0.0468 e. The van der Waals surface area contributed by atoms with Crippen LogP contribution in [0, 0.1) is 0 Å². The predicted octanol–water partition coefficient (Wildman–Crippen LogP) is 6.41. The predicted molar refractivity (Wildman–Crippen MR) is 91.2 cm³/mol. The van der Waals surface area contributed by atoms with Crippen molar-refractivity contribution in [2.24, 2.45) is 0 Å². The van der Waals surface area contributed by atoms with Gasteiger partial charge in [-0.25, -0.2) is 0 Å². The lowest BCUT2D eigenvalue weighted by Crippen LogP contribution is -1.90. The summed E-state index contributed by atoms with van der Waals surface area (Å²) in [5, 5.41) is 9.12. The molecule has 0 aliphatic carbocycles. The van der Waals surface area contributed by atoms with Gasteiger partial charge in [0.2, 0.25) is 0 Å². The standard InChI is InChI=1S/C19H38O/c1-3-5-7-9-10-11-12-14-16-19(17-18-20)15-13-8-6-4-2/h16,20H,3-15,17-18H2,1-2H3/b19-16+. The molecule has 0 aromatic rings. The van der Waals surface area contributed by atoms with Gasteiger partial charge in [0.15, 0.2) is 0 Å². The Kier molecular flexibility index (Phi) is 16.5. The molecule has 0 atom stereocenters. The molecule has 1 nitrogen and oxygen atoms in total. The fourth-order valence-electron chi connectivity index (χ4n) is 2.66. The van der Waals surface area contributed by atoms with Crippen molar-refractivity contribution in [3.05, 3.63) is 11.6 Å².